The second-order valence-corrected chi connectivity index (χ2v) is 5.60. The van der Waals surface area contributed by atoms with Crippen molar-refractivity contribution < 1.29 is 24.2 Å². The van der Waals surface area contributed by atoms with Crippen LogP contribution in [0.15, 0.2) is 47.6 Å². The average Bonchev–Trinajstić information content (AvgIpc) is 2.64. The number of aryl methyl sites for hydroxylation is 1. The Balaban J connectivity index is 1.97. The van der Waals surface area contributed by atoms with Crippen molar-refractivity contribution in [3.8, 4) is 5.75 Å². The number of amides is 2. The van der Waals surface area contributed by atoms with Crippen LogP contribution in [-0.4, -0.2) is 30.6 Å². The first-order valence-electron chi connectivity index (χ1n) is 8.00. The summed E-state index contributed by atoms with van der Waals surface area (Å²) in [6, 6.07) is 11.9. The molecular weight excluding hydrogens is 350 g/mol. The first-order chi connectivity index (χ1) is 12.9. The number of carbonyl (C=O) groups is 3. The van der Waals surface area contributed by atoms with Crippen LogP contribution in [0.5, 0.6) is 5.75 Å². The minimum absolute atomic E-state index is 0.250. The van der Waals surface area contributed by atoms with Crippen LogP contribution in [-0.2, 0) is 14.4 Å². The van der Waals surface area contributed by atoms with Crippen molar-refractivity contribution in [3.63, 3.8) is 0 Å². The number of carbonyl (C=O) groups excluding carboxylic acids is 3. The Hall–Kier alpha value is -3.68. The van der Waals surface area contributed by atoms with Gasteiger partial charge in [-0.1, -0.05) is 24.3 Å². The fraction of sp³-hybridized carbons (Fsp3) is 0.158. The number of nitrogens with zero attached hydrogens (tertiary/aromatic N) is 1. The molecule has 140 valence electrons. The smallest absolute Gasteiger partial charge is 0.329 e. The van der Waals surface area contributed by atoms with Gasteiger partial charge < -0.3 is 20.0 Å². The highest BCUT2D eigenvalue weighted by Crippen LogP contribution is 2.18. The van der Waals surface area contributed by atoms with Gasteiger partial charge in [0.2, 0.25) is 0 Å². The Kier molecular flexibility index (Phi) is 6.65. The SMILES string of the molecule is Cc1cccc(NC(=O)C(=O)N/N=C\c2ccccc2OCC(=O)[O-])c1C. The van der Waals surface area contributed by atoms with Crippen molar-refractivity contribution >= 4 is 29.7 Å². The van der Waals surface area contributed by atoms with Gasteiger partial charge >= 0.3 is 11.8 Å². The maximum Gasteiger partial charge on any atom is 0.329 e. The predicted octanol–water partition coefficient (Wildman–Crippen LogP) is 0.521. The molecule has 0 bridgehead atoms. The second kappa shape index (κ2) is 9.14. The zero-order valence-corrected chi connectivity index (χ0v) is 14.8. The van der Waals surface area contributed by atoms with Gasteiger partial charge in [0, 0.05) is 11.3 Å². The molecule has 0 spiro atoms. The highest BCUT2D eigenvalue weighted by molar-refractivity contribution is 6.39. The average molecular weight is 368 g/mol. The normalized spacial score (nSPS) is 10.4. The number of nitrogens with one attached hydrogen (secondary N) is 2. The van der Waals surface area contributed by atoms with Crippen LogP contribution >= 0.6 is 0 Å². The summed E-state index contributed by atoms with van der Waals surface area (Å²) >= 11 is 0. The van der Waals surface area contributed by atoms with Gasteiger partial charge in [-0.15, -0.1) is 0 Å². The molecule has 2 aromatic rings. The van der Waals surface area contributed by atoms with Crippen LogP contribution in [0, 0.1) is 13.8 Å². The van der Waals surface area contributed by atoms with Crippen LogP contribution in [0.25, 0.3) is 0 Å². The molecule has 0 aliphatic carbocycles. The summed E-state index contributed by atoms with van der Waals surface area (Å²) < 4.78 is 5.06. The molecule has 0 aliphatic rings. The number of benzene rings is 2. The number of hydrogen-bond donors (Lipinski definition) is 2. The summed E-state index contributed by atoms with van der Waals surface area (Å²) in [5.41, 5.74) is 4.93. The molecule has 8 nitrogen and oxygen atoms in total. The lowest BCUT2D eigenvalue weighted by molar-refractivity contribution is -0.307. The van der Waals surface area contributed by atoms with Crippen LogP contribution in [0.3, 0.4) is 0 Å². The molecule has 0 fully saturated rings. The van der Waals surface area contributed by atoms with Crippen LogP contribution in [0.2, 0.25) is 0 Å². The van der Waals surface area contributed by atoms with E-state index in [0.29, 0.717) is 11.3 Å². The summed E-state index contributed by atoms with van der Waals surface area (Å²) in [4.78, 5) is 34.3. The molecule has 27 heavy (non-hydrogen) atoms. The van der Waals surface area contributed by atoms with Gasteiger partial charge in [0.25, 0.3) is 0 Å². The molecule has 0 unspecified atom stereocenters. The fourth-order valence-corrected chi connectivity index (χ4v) is 2.13. The van der Waals surface area contributed by atoms with Gasteiger partial charge in [-0.25, -0.2) is 5.43 Å². The molecule has 2 rings (SSSR count). The van der Waals surface area contributed by atoms with Gasteiger partial charge in [0.15, 0.2) is 0 Å². The Morgan fingerprint density at radius 1 is 1.07 bits per heavy atom. The molecule has 0 heterocycles. The van der Waals surface area contributed by atoms with Crippen molar-refractivity contribution in [1.82, 2.24) is 5.43 Å². The summed E-state index contributed by atoms with van der Waals surface area (Å²) in [6.07, 6.45) is 1.24. The Morgan fingerprint density at radius 2 is 1.81 bits per heavy atom. The zero-order chi connectivity index (χ0) is 19.8. The van der Waals surface area contributed by atoms with E-state index in [2.05, 4.69) is 15.8 Å². The number of rotatable bonds is 6. The number of aliphatic carboxylic acids is 1. The first-order valence-corrected chi connectivity index (χ1v) is 8.00. The lowest BCUT2D eigenvalue weighted by atomic mass is 10.1. The third-order valence-corrected chi connectivity index (χ3v) is 3.69. The molecule has 0 aromatic heterocycles. The van der Waals surface area contributed by atoms with Crippen molar-refractivity contribution in [3.05, 3.63) is 59.2 Å². The number of hydrogen-bond acceptors (Lipinski definition) is 6. The molecule has 2 amide bonds. The van der Waals surface area contributed by atoms with E-state index in [1.165, 1.54) is 6.21 Å². The number of carboxylic acid groups (broad SMARTS) is 1. The number of hydrazone groups is 1. The summed E-state index contributed by atoms with van der Waals surface area (Å²) in [6.45, 7) is 3.12. The molecule has 0 aliphatic heterocycles. The molecule has 0 atom stereocenters. The van der Waals surface area contributed by atoms with Crippen LogP contribution in [0.4, 0.5) is 5.69 Å². The lowest BCUT2D eigenvalue weighted by Crippen LogP contribution is -2.32. The first kappa shape index (κ1) is 19.6. The molecule has 2 aromatic carbocycles. The fourth-order valence-electron chi connectivity index (χ4n) is 2.13. The van der Waals surface area contributed by atoms with E-state index >= 15 is 0 Å². The summed E-state index contributed by atoms with van der Waals surface area (Å²) in [5.74, 6) is -2.92. The van der Waals surface area contributed by atoms with Crippen molar-refractivity contribution in [2.24, 2.45) is 5.10 Å². The zero-order valence-electron chi connectivity index (χ0n) is 14.8. The van der Waals surface area contributed by atoms with Crippen LogP contribution < -0.4 is 20.6 Å². The maximum absolute atomic E-state index is 12.0. The monoisotopic (exact) mass is 368 g/mol. The molecule has 0 saturated heterocycles. The topological polar surface area (TPSA) is 120 Å². The highest BCUT2D eigenvalue weighted by atomic mass is 16.5. The molecule has 2 N–H and O–H groups in total. The van der Waals surface area contributed by atoms with E-state index in [-0.39, 0.29) is 5.75 Å². The van der Waals surface area contributed by atoms with Gasteiger partial charge in [-0.2, -0.15) is 5.10 Å². The van der Waals surface area contributed by atoms with Gasteiger partial charge in [-0.3, -0.25) is 9.59 Å². The minimum atomic E-state index is -1.36. The Labute approximate surface area is 155 Å². The molecule has 0 radical (unpaired) electrons. The number of ether oxygens (including phenoxy) is 1. The van der Waals surface area contributed by atoms with E-state index in [1.54, 1.807) is 36.4 Å². The second-order valence-electron chi connectivity index (χ2n) is 5.60. The van der Waals surface area contributed by atoms with Gasteiger partial charge in [0.05, 0.1) is 12.2 Å². The molecular formula is C19H18N3O5-. The van der Waals surface area contributed by atoms with E-state index in [4.69, 9.17) is 4.74 Å². The maximum atomic E-state index is 12.0. The third-order valence-electron chi connectivity index (χ3n) is 3.69. The summed E-state index contributed by atoms with van der Waals surface area (Å²) in [7, 11) is 0. The van der Waals surface area contributed by atoms with E-state index in [9.17, 15) is 19.5 Å². The highest BCUT2D eigenvalue weighted by Gasteiger charge is 2.14. The third kappa shape index (κ3) is 5.67. The Morgan fingerprint density at radius 3 is 2.56 bits per heavy atom. The van der Waals surface area contributed by atoms with E-state index < -0.39 is 24.4 Å². The summed E-state index contributed by atoms with van der Waals surface area (Å²) in [5, 5.41) is 16.7. The van der Waals surface area contributed by atoms with E-state index in [1.807, 2.05) is 19.9 Å². The standard InChI is InChI=1S/C19H19N3O5/c1-12-6-5-8-15(13(12)2)21-18(25)19(26)22-20-10-14-7-3-4-9-16(14)27-11-17(23)24/h3-10H,11H2,1-2H3,(H,21,25)(H,22,26)(H,23,24)/p-1/b20-10-. The van der Waals surface area contributed by atoms with Crippen molar-refractivity contribution in [1.29, 1.82) is 0 Å². The van der Waals surface area contributed by atoms with Crippen LogP contribution in [0.1, 0.15) is 16.7 Å². The van der Waals surface area contributed by atoms with Crippen molar-refractivity contribution in [2.75, 3.05) is 11.9 Å². The Bertz CT molecular complexity index is 893. The van der Waals surface area contributed by atoms with Gasteiger partial charge in [0.1, 0.15) is 12.4 Å². The molecule has 0 saturated carbocycles. The molecule has 8 heteroatoms. The van der Waals surface area contributed by atoms with E-state index in [0.717, 1.165) is 11.1 Å². The number of anilines is 1. The lowest BCUT2D eigenvalue weighted by Gasteiger charge is -2.10. The predicted molar refractivity (Wildman–Crippen MR) is 97.2 cm³/mol. The minimum Gasteiger partial charge on any atom is -0.546 e. The number of carboxylic acids is 1. The quantitative estimate of drug-likeness (QED) is 0.438. The van der Waals surface area contributed by atoms with Crippen molar-refractivity contribution in [2.45, 2.75) is 13.8 Å². The number of para-hydroxylation sites is 1. The largest absolute Gasteiger partial charge is 0.546 e. The van der Waals surface area contributed by atoms with Gasteiger partial charge in [-0.05, 0) is 43.2 Å².